The Hall–Kier alpha value is -0.280. The second kappa shape index (κ2) is 19.3. The Labute approximate surface area is 88.9 Å². The molecule has 7 nitrogen and oxygen atoms in total. The summed E-state index contributed by atoms with van der Waals surface area (Å²) in [5.41, 5.74) is 0. The van der Waals surface area contributed by atoms with Crippen LogP contribution < -0.4 is 0 Å². The zero-order valence-electron chi connectivity index (χ0n) is 8.82. The minimum atomic E-state index is -0.954. The van der Waals surface area contributed by atoms with E-state index in [1.165, 1.54) is 0 Å². The summed E-state index contributed by atoms with van der Waals surface area (Å²) >= 11 is 0. The van der Waals surface area contributed by atoms with Crippen LogP contribution in [0.2, 0.25) is 0 Å². The lowest BCUT2D eigenvalue weighted by Crippen LogP contribution is -2.15. The Kier molecular flexibility index (Phi) is 26.0. The predicted octanol–water partition coefficient (Wildman–Crippen LogP) is -3.34. The number of aliphatic hydroxyl groups is 7. The maximum atomic E-state index is 8.17. The van der Waals surface area contributed by atoms with Crippen LogP contribution in [0.1, 0.15) is 6.92 Å². The molecule has 0 amide bonds. The molecular formula is C8H22O7. The van der Waals surface area contributed by atoms with Gasteiger partial charge in [0.2, 0.25) is 0 Å². The van der Waals surface area contributed by atoms with E-state index in [1.807, 2.05) is 0 Å². The summed E-state index contributed by atoms with van der Waals surface area (Å²) in [5.74, 6) is 0. The Balaban J connectivity index is -0.000000153. The highest BCUT2D eigenvalue weighted by Gasteiger charge is 1.94. The monoisotopic (exact) mass is 230 g/mol. The Bertz CT molecular complexity index is 73.1. The van der Waals surface area contributed by atoms with Crippen molar-refractivity contribution in [3.05, 3.63) is 0 Å². The van der Waals surface area contributed by atoms with Crippen molar-refractivity contribution < 1.29 is 35.7 Å². The summed E-state index contributed by atoms with van der Waals surface area (Å²) < 4.78 is 0. The van der Waals surface area contributed by atoms with E-state index < -0.39 is 12.2 Å². The van der Waals surface area contributed by atoms with Gasteiger partial charge >= 0.3 is 0 Å². The van der Waals surface area contributed by atoms with Crippen molar-refractivity contribution in [1.82, 2.24) is 0 Å². The van der Waals surface area contributed by atoms with Gasteiger partial charge in [-0.2, -0.15) is 0 Å². The lowest BCUT2D eigenvalue weighted by atomic mass is 10.4. The van der Waals surface area contributed by atoms with Crippen molar-refractivity contribution in [2.45, 2.75) is 19.1 Å². The minimum Gasteiger partial charge on any atom is -0.397 e. The van der Waals surface area contributed by atoms with Gasteiger partial charge < -0.3 is 35.7 Å². The molecule has 0 saturated carbocycles. The molecule has 0 atom stereocenters. The fraction of sp³-hybridized carbons (Fsp3) is 1.00. The number of rotatable bonds is 4. The van der Waals surface area contributed by atoms with Gasteiger partial charge in [0.15, 0.2) is 0 Å². The number of hydrogen-bond acceptors (Lipinski definition) is 7. The predicted molar refractivity (Wildman–Crippen MR) is 53.1 cm³/mol. The van der Waals surface area contributed by atoms with E-state index >= 15 is 0 Å². The second-order valence-electron chi connectivity index (χ2n) is 2.35. The maximum absolute atomic E-state index is 8.17. The van der Waals surface area contributed by atoms with Crippen LogP contribution in [0.3, 0.4) is 0 Å². The van der Waals surface area contributed by atoms with Gasteiger partial charge in [-0.3, -0.25) is 0 Å². The summed E-state index contributed by atoms with van der Waals surface area (Å²) in [5, 5.41) is 55.6. The molecule has 0 radical (unpaired) electrons. The van der Waals surface area contributed by atoms with Gasteiger partial charge in [0, 0.05) is 6.61 Å². The molecule has 7 N–H and O–H groups in total. The second-order valence-corrected chi connectivity index (χ2v) is 2.35. The zero-order chi connectivity index (χ0) is 12.7. The molecular weight excluding hydrogens is 208 g/mol. The Morgan fingerprint density at radius 1 is 0.667 bits per heavy atom. The first kappa shape index (κ1) is 20.2. The molecule has 0 fully saturated rings. The summed E-state index contributed by atoms with van der Waals surface area (Å²) in [7, 11) is 0. The van der Waals surface area contributed by atoms with E-state index in [-0.39, 0.29) is 33.0 Å². The first-order chi connectivity index (χ1) is 7.03. The quantitative estimate of drug-likeness (QED) is 0.268. The van der Waals surface area contributed by atoms with Crippen LogP contribution in [-0.2, 0) is 0 Å². The SMILES string of the molecule is CCO.OCC(O)CO.OCC(O)CO. The van der Waals surface area contributed by atoms with Gasteiger partial charge in [-0.05, 0) is 6.92 Å². The van der Waals surface area contributed by atoms with Crippen molar-refractivity contribution >= 4 is 0 Å². The molecule has 15 heavy (non-hydrogen) atoms. The van der Waals surface area contributed by atoms with E-state index in [1.54, 1.807) is 6.92 Å². The molecule has 0 unspecified atom stereocenters. The van der Waals surface area contributed by atoms with E-state index in [0.29, 0.717) is 0 Å². The minimum absolute atomic E-state index is 0.250. The average Bonchev–Trinajstić information content (AvgIpc) is 2.28. The van der Waals surface area contributed by atoms with Crippen molar-refractivity contribution in [1.29, 1.82) is 0 Å². The molecule has 0 aromatic carbocycles. The number of aliphatic hydroxyl groups excluding tert-OH is 7. The van der Waals surface area contributed by atoms with Crippen LogP contribution in [0.4, 0.5) is 0 Å². The van der Waals surface area contributed by atoms with Gasteiger partial charge in [-0.25, -0.2) is 0 Å². The molecule has 0 aromatic heterocycles. The van der Waals surface area contributed by atoms with Gasteiger partial charge in [0.05, 0.1) is 26.4 Å². The third-order valence-electron chi connectivity index (χ3n) is 0.843. The topological polar surface area (TPSA) is 142 Å². The standard InChI is InChI=1S/2C3H8O3.C2H6O/c2*4-1-3(6)2-5;1-2-3/h2*3-6H,1-2H2;3H,2H2,1H3. The van der Waals surface area contributed by atoms with E-state index in [2.05, 4.69) is 0 Å². The third-order valence-corrected chi connectivity index (χ3v) is 0.843. The molecule has 7 heteroatoms. The molecule has 0 aromatic rings. The average molecular weight is 230 g/mol. The fourth-order valence-corrected chi connectivity index (χ4v) is 0.115. The molecule has 0 saturated heterocycles. The molecule has 0 aliphatic carbocycles. The van der Waals surface area contributed by atoms with E-state index in [9.17, 15) is 0 Å². The van der Waals surface area contributed by atoms with Crippen molar-refractivity contribution in [2.75, 3.05) is 33.0 Å². The van der Waals surface area contributed by atoms with E-state index in [0.717, 1.165) is 0 Å². The smallest absolute Gasteiger partial charge is 0.100 e. The first-order valence-corrected chi connectivity index (χ1v) is 4.44. The molecule has 0 bridgehead atoms. The largest absolute Gasteiger partial charge is 0.397 e. The van der Waals surface area contributed by atoms with Crippen LogP contribution in [0.15, 0.2) is 0 Å². The van der Waals surface area contributed by atoms with Gasteiger partial charge in [0.25, 0.3) is 0 Å². The molecule has 0 aliphatic rings. The lowest BCUT2D eigenvalue weighted by Gasteiger charge is -1.96. The summed E-state index contributed by atoms with van der Waals surface area (Å²) in [4.78, 5) is 0. The highest BCUT2D eigenvalue weighted by molar-refractivity contribution is 4.44. The molecule has 96 valence electrons. The highest BCUT2D eigenvalue weighted by Crippen LogP contribution is 1.72. The lowest BCUT2D eigenvalue weighted by molar-refractivity contribution is 0.0450. The first-order valence-electron chi connectivity index (χ1n) is 4.44. The van der Waals surface area contributed by atoms with Crippen molar-refractivity contribution in [2.24, 2.45) is 0 Å². The summed E-state index contributed by atoms with van der Waals surface area (Å²) in [6, 6.07) is 0. The van der Waals surface area contributed by atoms with Crippen LogP contribution in [0.5, 0.6) is 0 Å². The van der Waals surface area contributed by atoms with Crippen molar-refractivity contribution in [3.63, 3.8) is 0 Å². The zero-order valence-corrected chi connectivity index (χ0v) is 8.82. The highest BCUT2D eigenvalue weighted by atomic mass is 16.3. The maximum Gasteiger partial charge on any atom is 0.100 e. The molecule has 0 rings (SSSR count). The molecule has 0 heterocycles. The van der Waals surface area contributed by atoms with Crippen LogP contribution in [-0.4, -0.2) is 81.0 Å². The Morgan fingerprint density at radius 2 is 0.800 bits per heavy atom. The molecule has 0 spiro atoms. The third kappa shape index (κ3) is 31.6. The van der Waals surface area contributed by atoms with Crippen LogP contribution in [0.25, 0.3) is 0 Å². The number of hydrogen-bond donors (Lipinski definition) is 7. The summed E-state index contributed by atoms with van der Waals surface area (Å²) in [6.45, 7) is 0.472. The molecule has 0 aliphatic heterocycles. The normalized spacial score (nSPS) is 9.20. The van der Waals surface area contributed by atoms with Crippen LogP contribution in [0, 0.1) is 0 Å². The van der Waals surface area contributed by atoms with Crippen LogP contribution >= 0.6 is 0 Å². The van der Waals surface area contributed by atoms with Gasteiger partial charge in [-0.15, -0.1) is 0 Å². The summed E-state index contributed by atoms with van der Waals surface area (Å²) in [6.07, 6.45) is -1.91. The van der Waals surface area contributed by atoms with Gasteiger partial charge in [0.1, 0.15) is 12.2 Å². The van der Waals surface area contributed by atoms with Crippen molar-refractivity contribution in [3.8, 4) is 0 Å². The van der Waals surface area contributed by atoms with E-state index in [4.69, 9.17) is 35.7 Å². The Morgan fingerprint density at radius 3 is 0.800 bits per heavy atom. The fourth-order valence-electron chi connectivity index (χ4n) is 0.115. The van der Waals surface area contributed by atoms with Gasteiger partial charge in [-0.1, -0.05) is 0 Å².